The molecule has 0 radical (unpaired) electrons. The minimum atomic E-state index is -0.305. The second-order valence-electron chi connectivity index (χ2n) is 7.61. The summed E-state index contributed by atoms with van der Waals surface area (Å²) in [6.45, 7) is 4.87. The summed E-state index contributed by atoms with van der Waals surface area (Å²) in [6.07, 6.45) is 12.0. The maximum absolute atomic E-state index is 12.0. The average molecular weight is 351 g/mol. The molecule has 2 saturated heterocycles. The van der Waals surface area contributed by atoms with E-state index in [0.717, 1.165) is 57.9 Å². The van der Waals surface area contributed by atoms with Gasteiger partial charge in [0.1, 0.15) is 5.60 Å². The molecule has 0 amide bonds. The summed E-state index contributed by atoms with van der Waals surface area (Å²) in [7, 11) is 1.43. The Morgan fingerprint density at radius 3 is 2.84 bits per heavy atom. The van der Waals surface area contributed by atoms with E-state index >= 15 is 0 Å². The summed E-state index contributed by atoms with van der Waals surface area (Å²) in [5.41, 5.74) is -0.305. The third-order valence-electron chi connectivity index (χ3n) is 5.57. The number of rotatable bonds is 7. The highest BCUT2D eigenvalue weighted by molar-refractivity contribution is 5.75. The lowest BCUT2D eigenvalue weighted by atomic mass is 9.82. The second-order valence-corrected chi connectivity index (χ2v) is 7.61. The van der Waals surface area contributed by atoms with Crippen molar-refractivity contribution in [1.82, 2.24) is 5.32 Å². The van der Waals surface area contributed by atoms with E-state index in [1.54, 1.807) is 0 Å². The van der Waals surface area contributed by atoms with Crippen LogP contribution in [0.2, 0.25) is 0 Å². The van der Waals surface area contributed by atoms with Gasteiger partial charge in [-0.25, -0.2) is 0 Å². The highest BCUT2D eigenvalue weighted by Crippen LogP contribution is 2.40. The van der Waals surface area contributed by atoms with Crippen molar-refractivity contribution in [2.45, 2.75) is 76.9 Å². The molecule has 0 aromatic rings. The minimum absolute atomic E-state index is 0.0118. The van der Waals surface area contributed by atoms with Gasteiger partial charge in [0.25, 0.3) is 0 Å². The minimum Gasteiger partial charge on any atom is -0.469 e. The number of carbonyl (C=O) groups excluding carboxylic acids is 2. The molecule has 5 heteroatoms. The number of hydrogen-bond acceptors (Lipinski definition) is 5. The number of nitrogens with one attached hydrogen (secondary N) is 1. The van der Waals surface area contributed by atoms with Gasteiger partial charge in [-0.2, -0.15) is 0 Å². The van der Waals surface area contributed by atoms with Crippen molar-refractivity contribution in [3.05, 3.63) is 12.2 Å². The van der Waals surface area contributed by atoms with Gasteiger partial charge in [-0.3, -0.25) is 9.59 Å². The molecule has 4 atom stereocenters. The van der Waals surface area contributed by atoms with Crippen molar-refractivity contribution in [2.24, 2.45) is 11.8 Å². The predicted octanol–water partition coefficient (Wildman–Crippen LogP) is 3.38. The van der Waals surface area contributed by atoms with E-state index in [-0.39, 0.29) is 35.4 Å². The second kappa shape index (κ2) is 9.37. The summed E-state index contributed by atoms with van der Waals surface area (Å²) >= 11 is 0. The quantitative estimate of drug-likeness (QED) is 0.563. The first-order valence-corrected chi connectivity index (χ1v) is 9.67. The molecule has 2 rings (SSSR count). The van der Waals surface area contributed by atoms with E-state index in [1.807, 2.05) is 13.8 Å². The smallest absolute Gasteiger partial charge is 0.309 e. The third-order valence-corrected chi connectivity index (χ3v) is 5.57. The molecular formula is C20H33NO4. The van der Waals surface area contributed by atoms with Gasteiger partial charge in [0.15, 0.2) is 0 Å². The predicted molar refractivity (Wildman–Crippen MR) is 97.0 cm³/mol. The molecule has 0 aromatic heterocycles. The molecule has 2 aliphatic heterocycles. The zero-order valence-corrected chi connectivity index (χ0v) is 15.9. The van der Waals surface area contributed by atoms with Crippen LogP contribution in [0.3, 0.4) is 0 Å². The Morgan fingerprint density at radius 1 is 1.40 bits per heavy atom. The zero-order chi connectivity index (χ0) is 18.3. The molecule has 1 unspecified atom stereocenters. The van der Waals surface area contributed by atoms with Crippen LogP contribution in [0.25, 0.3) is 0 Å². The van der Waals surface area contributed by atoms with E-state index in [1.165, 1.54) is 7.11 Å². The number of methoxy groups -OCH3 is 1. The summed E-state index contributed by atoms with van der Waals surface area (Å²) in [5, 5.41) is 3.61. The summed E-state index contributed by atoms with van der Waals surface area (Å²) in [4.78, 5) is 23.3. The van der Waals surface area contributed by atoms with Gasteiger partial charge in [0.05, 0.1) is 18.9 Å². The van der Waals surface area contributed by atoms with Crippen molar-refractivity contribution in [1.29, 1.82) is 0 Å². The molecule has 0 aliphatic carbocycles. The Bertz CT molecular complexity index is 490. The Labute approximate surface area is 151 Å². The highest BCUT2D eigenvalue weighted by Gasteiger charge is 2.49. The molecule has 0 aromatic carbocycles. The molecule has 25 heavy (non-hydrogen) atoms. The first-order chi connectivity index (χ1) is 12.0. The average Bonchev–Trinajstić information content (AvgIpc) is 2.77. The lowest BCUT2D eigenvalue weighted by Gasteiger charge is -2.35. The monoisotopic (exact) mass is 351 g/mol. The molecule has 2 fully saturated rings. The van der Waals surface area contributed by atoms with Gasteiger partial charge >= 0.3 is 11.9 Å². The first kappa shape index (κ1) is 20.0. The number of allylic oxidation sites excluding steroid dienone is 2. The van der Waals surface area contributed by atoms with Gasteiger partial charge in [-0.1, -0.05) is 26.0 Å². The topological polar surface area (TPSA) is 64.6 Å². The SMILES string of the molecule is COC(=O)[C@@H](C)CC/C=C\CC[C@@H]1NCCCC[C@]12CC(C)C(=O)O2. The molecule has 142 valence electrons. The molecule has 2 heterocycles. The fraction of sp³-hybridized carbons (Fsp3) is 0.800. The molecule has 2 aliphatic rings. The Morgan fingerprint density at radius 2 is 2.16 bits per heavy atom. The van der Waals surface area contributed by atoms with Crippen molar-refractivity contribution in [3.63, 3.8) is 0 Å². The normalized spacial score (nSPS) is 31.1. The van der Waals surface area contributed by atoms with Crippen molar-refractivity contribution in [2.75, 3.05) is 13.7 Å². The van der Waals surface area contributed by atoms with Crippen LogP contribution in [0.4, 0.5) is 0 Å². The fourth-order valence-corrected chi connectivity index (χ4v) is 4.03. The Hall–Kier alpha value is -1.36. The molecule has 0 bridgehead atoms. The van der Waals surface area contributed by atoms with Crippen LogP contribution in [-0.4, -0.2) is 37.2 Å². The maximum atomic E-state index is 12.0. The number of esters is 2. The lowest BCUT2D eigenvalue weighted by Crippen LogP contribution is -2.49. The van der Waals surface area contributed by atoms with Crippen LogP contribution in [0.5, 0.6) is 0 Å². The van der Waals surface area contributed by atoms with Gasteiger partial charge in [-0.05, 0) is 51.5 Å². The molecule has 1 N–H and O–H groups in total. The summed E-state index contributed by atoms with van der Waals surface area (Å²) in [6, 6.07) is 0.238. The van der Waals surface area contributed by atoms with Crippen LogP contribution in [-0.2, 0) is 19.1 Å². The van der Waals surface area contributed by atoms with Gasteiger partial charge in [0, 0.05) is 12.5 Å². The van der Waals surface area contributed by atoms with Crippen molar-refractivity contribution < 1.29 is 19.1 Å². The molecule has 1 spiro atoms. The number of hydrogen-bond donors (Lipinski definition) is 1. The zero-order valence-electron chi connectivity index (χ0n) is 15.9. The number of ether oxygens (including phenoxy) is 2. The van der Waals surface area contributed by atoms with Crippen LogP contribution in [0, 0.1) is 11.8 Å². The van der Waals surface area contributed by atoms with Crippen molar-refractivity contribution >= 4 is 11.9 Å². The summed E-state index contributed by atoms with van der Waals surface area (Å²) in [5.74, 6) is -0.227. The van der Waals surface area contributed by atoms with E-state index in [2.05, 4.69) is 17.5 Å². The van der Waals surface area contributed by atoms with Crippen LogP contribution in [0.15, 0.2) is 12.2 Å². The lowest BCUT2D eigenvalue weighted by molar-refractivity contribution is -0.153. The molecule has 0 saturated carbocycles. The van der Waals surface area contributed by atoms with E-state index < -0.39 is 0 Å². The molecular weight excluding hydrogens is 318 g/mol. The fourth-order valence-electron chi connectivity index (χ4n) is 4.03. The highest BCUT2D eigenvalue weighted by atomic mass is 16.6. The molecule has 5 nitrogen and oxygen atoms in total. The van der Waals surface area contributed by atoms with E-state index in [4.69, 9.17) is 9.47 Å². The Kier molecular flexibility index (Phi) is 7.48. The van der Waals surface area contributed by atoms with Gasteiger partial charge in [-0.15, -0.1) is 0 Å². The van der Waals surface area contributed by atoms with E-state index in [0.29, 0.717) is 0 Å². The Balaban J connectivity index is 1.80. The van der Waals surface area contributed by atoms with Crippen LogP contribution < -0.4 is 5.32 Å². The van der Waals surface area contributed by atoms with Gasteiger partial charge in [0.2, 0.25) is 0 Å². The summed E-state index contributed by atoms with van der Waals surface area (Å²) < 4.78 is 10.6. The largest absolute Gasteiger partial charge is 0.469 e. The van der Waals surface area contributed by atoms with Crippen molar-refractivity contribution in [3.8, 4) is 0 Å². The van der Waals surface area contributed by atoms with Gasteiger partial charge < -0.3 is 14.8 Å². The van der Waals surface area contributed by atoms with E-state index in [9.17, 15) is 9.59 Å². The number of carbonyl (C=O) groups is 2. The maximum Gasteiger partial charge on any atom is 0.309 e. The first-order valence-electron chi connectivity index (χ1n) is 9.67. The van der Waals surface area contributed by atoms with Crippen LogP contribution >= 0.6 is 0 Å². The third kappa shape index (κ3) is 5.30. The standard InChI is InChI=1S/C20H33NO4/c1-15(18(22)24-3)10-6-4-5-7-11-17-20(12-8-9-13-21-17)14-16(2)19(23)25-20/h4-5,15-17,21H,6-14H2,1-3H3/b5-4-/t15-,16?,17-,20-/m0/s1. The van der Waals surface area contributed by atoms with Crippen LogP contribution in [0.1, 0.15) is 65.2 Å².